The average Bonchev–Trinajstić information content (AvgIpc) is 2.15. The molecule has 4 heteroatoms. The van der Waals surface area contributed by atoms with Crippen molar-refractivity contribution >= 4 is 5.84 Å². The van der Waals surface area contributed by atoms with Gasteiger partial charge in [0.2, 0.25) is 0 Å². The summed E-state index contributed by atoms with van der Waals surface area (Å²) in [5.41, 5.74) is 5.29. The first kappa shape index (κ1) is 9.48. The lowest BCUT2D eigenvalue weighted by Gasteiger charge is -2.18. The van der Waals surface area contributed by atoms with Gasteiger partial charge in [-0.1, -0.05) is 0 Å². The molecule has 1 unspecified atom stereocenters. The Morgan fingerprint density at radius 1 is 1.50 bits per heavy atom. The summed E-state index contributed by atoms with van der Waals surface area (Å²) in [5, 5.41) is 16.5. The second-order valence-electron chi connectivity index (χ2n) is 3.39. The lowest BCUT2D eigenvalue weighted by atomic mass is 10.2. The third kappa shape index (κ3) is 3.19. The number of hydrogen-bond acceptors (Lipinski definition) is 3. The van der Waals surface area contributed by atoms with E-state index in [1.807, 2.05) is 0 Å². The van der Waals surface area contributed by atoms with E-state index in [1.165, 1.54) is 0 Å². The first-order valence-electron chi connectivity index (χ1n) is 4.42. The van der Waals surface area contributed by atoms with Gasteiger partial charge in [0, 0.05) is 6.54 Å². The van der Waals surface area contributed by atoms with Crippen molar-refractivity contribution < 1.29 is 5.11 Å². The van der Waals surface area contributed by atoms with Crippen LogP contribution in [0.3, 0.4) is 0 Å². The number of nitrogens with two attached hydrogens (primary N) is 1. The number of aliphatic hydroxyl groups is 1. The fraction of sp³-hybridized carbons (Fsp3) is 0.875. The summed E-state index contributed by atoms with van der Waals surface area (Å²) in [6.45, 7) is 2.37. The Labute approximate surface area is 72.9 Å². The number of likely N-dealkylation sites (tertiary alicyclic amines) is 1. The van der Waals surface area contributed by atoms with Gasteiger partial charge in [0.05, 0.1) is 12.6 Å². The molecular formula is C8H17N3O. The molecule has 1 saturated heterocycles. The van der Waals surface area contributed by atoms with Crippen LogP contribution < -0.4 is 5.73 Å². The van der Waals surface area contributed by atoms with Gasteiger partial charge >= 0.3 is 0 Å². The summed E-state index contributed by atoms with van der Waals surface area (Å²) in [6.07, 6.45) is 2.55. The van der Waals surface area contributed by atoms with Gasteiger partial charge in [-0.05, 0) is 25.8 Å². The molecule has 0 aromatic heterocycles. The highest BCUT2D eigenvalue weighted by Crippen LogP contribution is 2.09. The molecule has 0 saturated carbocycles. The van der Waals surface area contributed by atoms with E-state index in [0.717, 1.165) is 32.4 Å². The van der Waals surface area contributed by atoms with Gasteiger partial charge in [0.1, 0.15) is 5.84 Å². The molecule has 0 aromatic carbocycles. The molecule has 4 N–H and O–H groups in total. The Kier molecular flexibility index (Phi) is 3.49. The van der Waals surface area contributed by atoms with Crippen LogP contribution >= 0.6 is 0 Å². The van der Waals surface area contributed by atoms with Gasteiger partial charge in [-0.25, -0.2) is 0 Å². The minimum atomic E-state index is -0.151. The number of hydrogen-bond donors (Lipinski definition) is 3. The summed E-state index contributed by atoms with van der Waals surface area (Å²) in [5.74, 6) is 0.214. The van der Waals surface area contributed by atoms with Crippen molar-refractivity contribution in [1.29, 1.82) is 5.41 Å². The van der Waals surface area contributed by atoms with E-state index in [4.69, 9.17) is 11.1 Å². The zero-order valence-corrected chi connectivity index (χ0v) is 7.29. The monoisotopic (exact) mass is 171 g/mol. The standard InChI is InChI=1S/C8H17N3O/c9-8(10)6-11-4-1-2-7(12)3-5-11/h7,12H,1-6H2,(H3,9,10). The van der Waals surface area contributed by atoms with Crippen molar-refractivity contribution in [3.8, 4) is 0 Å². The van der Waals surface area contributed by atoms with E-state index in [-0.39, 0.29) is 11.9 Å². The molecule has 1 aliphatic heterocycles. The molecule has 0 aliphatic carbocycles. The number of nitrogens with zero attached hydrogens (tertiary/aromatic N) is 1. The Balaban J connectivity index is 2.30. The van der Waals surface area contributed by atoms with E-state index in [0.29, 0.717) is 6.54 Å². The summed E-state index contributed by atoms with van der Waals surface area (Å²) in [4.78, 5) is 2.12. The minimum Gasteiger partial charge on any atom is -0.393 e. The van der Waals surface area contributed by atoms with Crippen LogP contribution in [0.4, 0.5) is 0 Å². The van der Waals surface area contributed by atoms with E-state index < -0.39 is 0 Å². The molecule has 0 bridgehead atoms. The second-order valence-corrected chi connectivity index (χ2v) is 3.39. The topological polar surface area (TPSA) is 73.3 Å². The minimum absolute atomic E-state index is 0.151. The molecule has 0 amide bonds. The maximum atomic E-state index is 9.33. The molecule has 1 heterocycles. The lowest BCUT2D eigenvalue weighted by Crippen LogP contribution is -2.34. The Hall–Kier alpha value is -0.610. The molecular weight excluding hydrogens is 154 g/mol. The van der Waals surface area contributed by atoms with Gasteiger partial charge in [-0.3, -0.25) is 10.3 Å². The fourth-order valence-electron chi connectivity index (χ4n) is 1.54. The molecule has 0 spiro atoms. The van der Waals surface area contributed by atoms with Gasteiger partial charge in [0.15, 0.2) is 0 Å². The third-order valence-corrected chi connectivity index (χ3v) is 2.18. The first-order chi connectivity index (χ1) is 5.68. The Bertz CT molecular complexity index is 160. The maximum absolute atomic E-state index is 9.33. The third-order valence-electron chi connectivity index (χ3n) is 2.18. The van der Waals surface area contributed by atoms with Crippen molar-refractivity contribution in [2.24, 2.45) is 5.73 Å². The normalized spacial score (nSPS) is 26.6. The fourth-order valence-corrected chi connectivity index (χ4v) is 1.54. The highest BCUT2D eigenvalue weighted by atomic mass is 16.3. The predicted octanol–water partition coefficient (Wildman–Crippen LogP) is -0.231. The van der Waals surface area contributed by atoms with Crippen LogP contribution in [0.15, 0.2) is 0 Å². The largest absolute Gasteiger partial charge is 0.393 e. The van der Waals surface area contributed by atoms with Gasteiger partial charge in [0.25, 0.3) is 0 Å². The van der Waals surface area contributed by atoms with Crippen LogP contribution in [0.2, 0.25) is 0 Å². The highest BCUT2D eigenvalue weighted by molar-refractivity contribution is 5.78. The Morgan fingerprint density at radius 3 is 2.92 bits per heavy atom. The van der Waals surface area contributed by atoms with Crippen LogP contribution in [0, 0.1) is 5.41 Å². The zero-order chi connectivity index (χ0) is 8.97. The molecule has 0 radical (unpaired) electrons. The summed E-state index contributed by atoms with van der Waals surface area (Å²) >= 11 is 0. The highest BCUT2D eigenvalue weighted by Gasteiger charge is 2.14. The van der Waals surface area contributed by atoms with Crippen LogP contribution in [0.25, 0.3) is 0 Å². The molecule has 0 aromatic rings. The summed E-state index contributed by atoms with van der Waals surface area (Å²) < 4.78 is 0. The van der Waals surface area contributed by atoms with E-state index in [1.54, 1.807) is 0 Å². The smallest absolute Gasteiger partial charge is 0.105 e. The summed E-state index contributed by atoms with van der Waals surface area (Å²) in [7, 11) is 0. The Morgan fingerprint density at radius 2 is 2.25 bits per heavy atom. The summed E-state index contributed by atoms with van der Waals surface area (Å²) in [6, 6.07) is 0. The zero-order valence-electron chi connectivity index (χ0n) is 7.29. The van der Waals surface area contributed by atoms with Crippen molar-refractivity contribution in [2.45, 2.75) is 25.4 Å². The number of rotatable bonds is 2. The number of aliphatic hydroxyl groups excluding tert-OH is 1. The molecule has 1 rings (SSSR count). The number of nitrogens with one attached hydrogen (secondary N) is 1. The molecule has 70 valence electrons. The van der Waals surface area contributed by atoms with Gasteiger partial charge in [-0.2, -0.15) is 0 Å². The van der Waals surface area contributed by atoms with E-state index in [9.17, 15) is 5.11 Å². The molecule has 1 aliphatic rings. The maximum Gasteiger partial charge on any atom is 0.105 e. The molecule has 1 fully saturated rings. The average molecular weight is 171 g/mol. The molecule has 12 heavy (non-hydrogen) atoms. The number of amidine groups is 1. The predicted molar refractivity (Wildman–Crippen MR) is 48.2 cm³/mol. The first-order valence-corrected chi connectivity index (χ1v) is 4.42. The van der Waals surface area contributed by atoms with Gasteiger partial charge in [-0.15, -0.1) is 0 Å². The van der Waals surface area contributed by atoms with Crippen molar-refractivity contribution in [3.05, 3.63) is 0 Å². The molecule has 4 nitrogen and oxygen atoms in total. The molecule has 1 atom stereocenters. The van der Waals surface area contributed by atoms with Crippen molar-refractivity contribution in [1.82, 2.24) is 4.90 Å². The quantitative estimate of drug-likeness (QED) is 0.397. The van der Waals surface area contributed by atoms with Gasteiger partial charge < -0.3 is 10.8 Å². The van der Waals surface area contributed by atoms with Crippen LogP contribution in [0.1, 0.15) is 19.3 Å². The second kappa shape index (κ2) is 4.42. The van der Waals surface area contributed by atoms with Crippen molar-refractivity contribution in [2.75, 3.05) is 19.6 Å². The van der Waals surface area contributed by atoms with E-state index in [2.05, 4.69) is 4.90 Å². The van der Waals surface area contributed by atoms with E-state index >= 15 is 0 Å². The van der Waals surface area contributed by atoms with Crippen molar-refractivity contribution in [3.63, 3.8) is 0 Å². The SMILES string of the molecule is N=C(N)CN1CCCC(O)CC1. The lowest BCUT2D eigenvalue weighted by molar-refractivity contribution is 0.156. The van der Waals surface area contributed by atoms with Crippen LogP contribution in [-0.4, -0.2) is 41.6 Å². The van der Waals surface area contributed by atoms with Crippen LogP contribution in [-0.2, 0) is 0 Å². The van der Waals surface area contributed by atoms with Crippen LogP contribution in [0.5, 0.6) is 0 Å².